The van der Waals surface area contributed by atoms with Gasteiger partial charge in [-0.3, -0.25) is 9.89 Å². The van der Waals surface area contributed by atoms with Gasteiger partial charge in [0.2, 0.25) is 5.91 Å². The van der Waals surface area contributed by atoms with Crippen LogP contribution in [0.1, 0.15) is 57.2 Å². The molecule has 0 radical (unpaired) electrons. The topological polar surface area (TPSA) is 83.0 Å². The van der Waals surface area contributed by atoms with Crippen LogP contribution in [0, 0.1) is 11.8 Å². The Morgan fingerprint density at radius 3 is 2.14 bits per heavy atom. The van der Waals surface area contributed by atoms with Crippen LogP contribution >= 0.6 is 0 Å². The zero-order chi connectivity index (χ0) is 26.1. The number of aromatic amines is 1. The summed E-state index contributed by atoms with van der Waals surface area (Å²) >= 11 is 0. The van der Waals surface area contributed by atoms with E-state index < -0.39 is 0 Å². The fraction of sp³-hybridized carbons (Fsp3) is 0.483. The van der Waals surface area contributed by atoms with E-state index >= 15 is 0 Å². The van der Waals surface area contributed by atoms with Crippen LogP contribution < -0.4 is 5.32 Å². The summed E-state index contributed by atoms with van der Waals surface area (Å²) in [7, 11) is 1.93. The summed E-state index contributed by atoms with van der Waals surface area (Å²) in [5, 5.41) is 10.6. The van der Waals surface area contributed by atoms with E-state index in [2.05, 4.69) is 77.6 Å². The number of carbonyl (C=O) groups excluding carboxylic acids is 2. The molecule has 0 fully saturated rings. The van der Waals surface area contributed by atoms with E-state index in [0.717, 1.165) is 43.2 Å². The molecule has 1 heterocycles. The van der Waals surface area contributed by atoms with Crippen LogP contribution in [-0.2, 0) is 29.0 Å². The van der Waals surface area contributed by atoms with Crippen molar-refractivity contribution < 1.29 is 9.59 Å². The SMILES string of the molecule is CC=O.CCC(CC)C(C)N(Cc1ccc(-n2nc[nH]2)cc1)C(=O)C(NC)C1Cc2ccccc2C1. The number of fused-ring (bicyclic) bond motifs is 1. The lowest BCUT2D eigenvalue weighted by Crippen LogP contribution is -2.53. The van der Waals surface area contributed by atoms with Gasteiger partial charge in [-0.2, -0.15) is 4.80 Å². The van der Waals surface area contributed by atoms with Crippen LogP contribution in [0.25, 0.3) is 5.69 Å². The highest BCUT2D eigenvalue weighted by Gasteiger charge is 2.37. The lowest BCUT2D eigenvalue weighted by atomic mass is 9.90. The molecule has 1 amide bonds. The molecule has 3 aromatic rings. The molecule has 36 heavy (non-hydrogen) atoms. The molecule has 0 spiro atoms. The minimum Gasteiger partial charge on any atom is -0.334 e. The zero-order valence-electron chi connectivity index (χ0n) is 22.3. The second-order valence-corrected chi connectivity index (χ2v) is 9.57. The van der Waals surface area contributed by atoms with Gasteiger partial charge in [-0.1, -0.05) is 63.1 Å². The van der Waals surface area contributed by atoms with Crippen LogP contribution in [0.3, 0.4) is 0 Å². The Bertz CT molecular complexity index is 1050. The second-order valence-electron chi connectivity index (χ2n) is 9.57. The van der Waals surface area contributed by atoms with E-state index in [-0.39, 0.29) is 23.9 Å². The van der Waals surface area contributed by atoms with Gasteiger partial charge in [0.15, 0.2) is 0 Å². The molecule has 194 valence electrons. The number of amides is 1. The molecule has 1 aliphatic carbocycles. The number of likely N-dealkylation sites (N-methyl/N-ethyl adjacent to an activating group) is 1. The molecular formula is C29H41N5O2. The molecule has 0 saturated carbocycles. The van der Waals surface area contributed by atoms with Gasteiger partial charge in [0, 0.05) is 12.6 Å². The van der Waals surface area contributed by atoms with Crippen molar-refractivity contribution in [2.45, 2.75) is 72.0 Å². The molecule has 1 aromatic heterocycles. The first-order valence-electron chi connectivity index (χ1n) is 13.1. The number of nitrogens with one attached hydrogen (secondary N) is 2. The molecule has 2 atom stereocenters. The fourth-order valence-corrected chi connectivity index (χ4v) is 5.41. The van der Waals surface area contributed by atoms with Gasteiger partial charge < -0.3 is 15.0 Å². The summed E-state index contributed by atoms with van der Waals surface area (Å²) in [6, 6.07) is 16.9. The molecule has 7 heteroatoms. The van der Waals surface area contributed by atoms with Gasteiger partial charge >= 0.3 is 0 Å². The second kappa shape index (κ2) is 13.2. The predicted molar refractivity (Wildman–Crippen MR) is 144 cm³/mol. The van der Waals surface area contributed by atoms with Crippen molar-refractivity contribution in [2.24, 2.45) is 11.8 Å². The van der Waals surface area contributed by atoms with Crippen LogP contribution in [0.2, 0.25) is 0 Å². The molecule has 0 bridgehead atoms. The van der Waals surface area contributed by atoms with E-state index in [9.17, 15) is 4.79 Å². The van der Waals surface area contributed by atoms with Crippen molar-refractivity contribution in [3.63, 3.8) is 0 Å². The Hall–Kier alpha value is -3.19. The number of hydrogen-bond acceptors (Lipinski definition) is 4. The first-order valence-corrected chi connectivity index (χ1v) is 13.1. The van der Waals surface area contributed by atoms with Crippen LogP contribution in [0.15, 0.2) is 54.9 Å². The number of benzene rings is 2. The highest BCUT2D eigenvalue weighted by Crippen LogP contribution is 2.31. The maximum atomic E-state index is 14.1. The third-order valence-corrected chi connectivity index (χ3v) is 7.52. The van der Waals surface area contributed by atoms with E-state index in [1.807, 2.05) is 19.2 Å². The summed E-state index contributed by atoms with van der Waals surface area (Å²) in [5.41, 5.74) is 4.89. The Balaban J connectivity index is 0.00000115. The van der Waals surface area contributed by atoms with Gasteiger partial charge in [0.1, 0.15) is 12.6 Å². The van der Waals surface area contributed by atoms with E-state index in [1.54, 1.807) is 11.1 Å². The first-order chi connectivity index (χ1) is 17.5. The zero-order valence-corrected chi connectivity index (χ0v) is 22.3. The number of rotatable bonds is 10. The molecule has 2 unspecified atom stereocenters. The number of nitrogens with zero attached hydrogens (tertiary/aromatic N) is 3. The molecule has 2 N–H and O–H groups in total. The summed E-state index contributed by atoms with van der Waals surface area (Å²) in [4.78, 5) is 26.7. The van der Waals surface area contributed by atoms with Crippen molar-refractivity contribution in [2.75, 3.05) is 7.05 Å². The summed E-state index contributed by atoms with van der Waals surface area (Å²) in [6.07, 6.45) is 6.46. The van der Waals surface area contributed by atoms with Gasteiger partial charge in [-0.15, -0.1) is 5.10 Å². The largest absolute Gasteiger partial charge is 0.334 e. The van der Waals surface area contributed by atoms with Gasteiger partial charge in [0.25, 0.3) is 0 Å². The fourth-order valence-electron chi connectivity index (χ4n) is 5.41. The molecular weight excluding hydrogens is 450 g/mol. The molecule has 0 aliphatic heterocycles. The predicted octanol–water partition coefficient (Wildman–Crippen LogP) is 4.56. The standard InChI is InChI=1S/C27H37N5O.C2H4O/c1-5-21(6-2)19(3)31(17-20-11-13-25(14-12-20)32-29-18-30-32)27(33)26(28-4)24-15-22-9-7-8-10-23(22)16-24;1-2-3/h7-14,18-19,21,24,26,28H,5-6,15-17H2,1-4H3,(H,29,30);2H,1H3. The monoisotopic (exact) mass is 491 g/mol. The van der Waals surface area contributed by atoms with Gasteiger partial charge in [-0.25, -0.2) is 0 Å². The van der Waals surface area contributed by atoms with Crippen molar-refractivity contribution >= 4 is 12.2 Å². The van der Waals surface area contributed by atoms with Crippen LogP contribution in [0.5, 0.6) is 0 Å². The number of aldehydes is 1. The summed E-state index contributed by atoms with van der Waals surface area (Å²) in [5.74, 6) is 0.980. The molecule has 0 saturated heterocycles. The Labute approximate surface area is 215 Å². The lowest BCUT2D eigenvalue weighted by molar-refractivity contribution is -0.138. The van der Waals surface area contributed by atoms with E-state index in [0.29, 0.717) is 12.5 Å². The third kappa shape index (κ3) is 6.32. The molecule has 7 nitrogen and oxygen atoms in total. The molecule has 2 aromatic carbocycles. The average Bonchev–Trinajstić information content (AvgIpc) is 3.27. The minimum absolute atomic E-state index is 0.174. The average molecular weight is 492 g/mol. The normalized spacial score (nSPS) is 14.6. The van der Waals surface area contributed by atoms with Crippen LogP contribution in [0.4, 0.5) is 0 Å². The van der Waals surface area contributed by atoms with Crippen molar-refractivity contribution in [1.29, 1.82) is 0 Å². The third-order valence-electron chi connectivity index (χ3n) is 7.52. The van der Waals surface area contributed by atoms with Gasteiger partial charge in [0.05, 0.1) is 11.7 Å². The quantitative estimate of drug-likeness (QED) is 0.407. The highest BCUT2D eigenvalue weighted by atomic mass is 16.2. The maximum Gasteiger partial charge on any atom is 0.240 e. The lowest BCUT2D eigenvalue weighted by Gasteiger charge is -2.38. The van der Waals surface area contributed by atoms with Gasteiger partial charge in [-0.05, 0) is 74.4 Å². The number of carbonyl (C=O) groups is 2. The summed E-state index contributed by atoms with van der Waals surface area (Å²) in [6.45, 7) is 8.74. The Morgan fingerprint density at radius 2 is 1.69 bits per heavy atom. The Morgan fingerprint density at radius 1 is 1.14 bits per heavy atom. The number of H-pyrrole nitrogens is 1. The number of hydrogen-bond donors (Lipinski definition) is 2. The molecule has 4 rings (SSSR count). The summed E-state index contributed by atoms with van der Waals surface area (Å²) < 4.78 is 0. The number of aromatic nitrogens is 3. The minimum atomic E-state index is -0.187. The smallest absolute Gasteiger partial charge is 0.240 e. The van der Waals surface area contributed by atoms with Crippen molar-refractivity contribution in [3.05, 3.63) is 71.5 Å². The Kier molecular flexibility index (Phi) is 10.1. The maximum absolute atomic E-state index is 14.1. The van der Waals surface area contributed by atoms with Crippen molar-refractivity contribution in [3.8, 4) is 5.69 Å². The molecule has 1 aliphatic rings. The van der Waals surface area contributed by atoms with E-state index in [4.69, 9.17) is 4.79 Å². The van der Waals surface area contributed by atoms with E-state index in [1.165, 1.54) is 18.1 Å². The highest BCUT2D eigenvalue weighted by molar-refractivity contribution is 5.83. The first kappa shape index (κ1) is 27.4. The van der Waals surface area contributed by atoms with Crippen molar-refractivity contribution in [1.82, 2.24) is 25.2 Å². The van der Waals surface area contributed by atoms with Crippen LogP contribution in [-0.4, -0.2) is 51.2 Å².